The topological polar surface area (TPSA) is 4.93 Å². The summed E-state index contributed by atoms with van der Waals surface area (Å²) >= 11 is 0. The van der Waals surface area contributed by atoms with Crippen molar-refractivity contribution in [3.8, 4) is 0 Å². The largest absolute Gasteiger partial charge is 0.309 e. The quantitative estimate of drug-likeness (QED) is 0.462. The Kier molecular flexibility index (Phi) is 4.19. The van der Waals surface area contributed by atoms with Crippen molar-refractivity contribution in [1.29, 1.82) is 0 Å². The van der Waals surface area contributed by atoms with Gasteiger partial charge in [0, 0.05) is 16.5 Å². The van der Waals surface area contributed by atoms with E-state index in [1.807, 2.05) is 18.2 Å². The van der Waals surface area contributed by atoms with Crippen molar-refractivity contribution in [2.45, 2.75) is 32.6 Å². The van der Waals surface area contributed by atoms with Crippen LogP contribution >= 0.6 is 0 Å². The first-order valence-electron chi connectivity index (χ1n) is 8.52. The summed E-state index contributed by atoms with van der Waals surface area (Å²) in [5, 5.41) is 2.57. The number of benzene rings is 2. The van der Waals surface area contributed by atoms with Crippen LogP contribution < -0.4 is 0 Å². The lowest BCUT2D eigenvalue weighted by atomic mass is 9.82. The molecule has 0 spiro atoms. The SMILES string of the molecule is C=C/C=C(\C=C)n1c2ccccc2c2cc(C(C)(C)CC)ccc21. The van der Waals surface area contributed by atoms with Crippen molar-refractivity contribution < 1.29 is 0 Å². The van der Waals surface area contributed by atoms with Gasteiger partial charge in [0.1, 0.15) is 0 Å². The highest BCUT2D eigenvalue weighted by atomic mass is 15.0. The molecule has 0 aliphatic carbocycles. The van der Waals surface area contributed by atoms with Gasteiger partial charge >= 0.3 is 0 Å². The van der Waals surface area contributed by atoms with Gasteiger partial charge in [-0.15, -0.1) is 0 Å². The highest BCUT2D eigenvalue weighted by Crippen LogP contribution is 2.36. The molecule has 0 amide bonds. The fraction of sp³-hybridized carbons (Fsp3) is 0.217. The van der Waals surface area contributed by atoms with Crippen LogP contribution in [-0.2, 0) is 5.41 Å². The van der Waals surface area contributed by atoms with Gasteiger partial charge in [-0.1, -0.05) is 64.3 Å². The molecule has 122 valence electrons. The Morgan fingerprint density at radius 3 is 2.42 bits per heavy atom. The van der Waals surface area contributed by atoms with Crippen molar-refractivity contribution in [2.24, 2.45) is 0 Å². The van der Waals surface area contributed by atoms with Crippen LogP contribution in [0.2, 0.25) is 0 Å². The molecule has 0 saturated carbocycles. The number of rotatable bonds is 5. The second kappa shape index (κ2) is 6.16. The fourth-order valence-electron chi connectivity index (χ4n) is 3.23. The van der Waals surface area contributed by atoms with E-state index in [9.17, 15) is 0 Å². The van der Waals surface area contributed by atoms with Crippen molar-refractivity contribution in [3.63, 3.8) is 0 Å². The lowest BCUT2D eigenvalue weighted by Gasteiger charge is -2.23. The van der Waals surface area contributed by atoms with E-state index in [0.717, 1.165) is 12.1 Å². The van der Waals surface area contributed by atoms with Gasteiger partial charge in [-0.3, -0.25) is 0 Å². The monoisotopic (exact) mass is 315 g/mol. The Balaban J connectivity index is 2.42. The van der Waals surface area contributed by atoms with E-state index in [4.69, 9.17) is 0 Å². The number of nitrogens with zero attached hydrogens (tertiary/aromatic N) is 1. The van der Waals surface area contributed by atoms with Crippen molar-refractivity contribution in [1.82, 2.24) is 4.57 Å². The molecule has 1 nitrogen and oxygen atoms in total. The van der Waals surface area contributed by atoms with Gasteiger partial charge in [0.2, 0.25) is 0 Å². The summed E-state index contributed by atoms with van der Waals surface area (Å²) in [5.74, 6) is 0. The molecule has 0 bridgehead atoms. The molecule has 3 rings (SSSR count). The van der Waals surface area contributed by atoms with Gasteiger partial charge in [0.25, 0.3) is 0 Å². The molecule has 1 aromatic heterocycles. The Bertz CT molecular complexity index is 951. The molecule has 0 aliphatic heterocycles. The fourth-order valence-corrected chi connectivity index (χ4v) is 3.23. The minimum absolute atomic E-state index is 0.176. The predicted octanol–water partition coefficient (Wildman–Crippen LogP) is 6.70. The lowest BCUT2D eigenvalue weighted by molar-refractivity contribution is 0.507. The van der Waals surface area contributed by atoms with Crippen molar-refractivity contribution in [3.05, 3.63) is 79.4 Å². The first-order chi connectivity index (χ1) is 11.5. The van der Waals surface area contributed by atoms with Crippen LogP contribution in [0, 0.1) is 0 Å². The summed E-state index contributed by atoms with van der Waals surface area (Å²) in [4.78, 5) is 0. The van der Waals surface area contributed by atoms with Crippen LogP contribution in [0.1, 0.15) is 32.8 Å². The minimum Gasteiger partial charge on any atom is -0.309 e. The number of allylic oxidation sites excluding steroid dienone is 4. The lowest BCUT2D eigenvalue weighted by Crippen LogP contribution is -2.15. The normalized spacial score (nSPS) is 12.7. The first kappa shape index (κ1) is 16.3. The van der Waals surface area contributed by atoms with E-state index in [1.165, 1.54) is 27.4 Å². The number of hydrogen-bond acceptors (Lipinski definition) is 0. The minimum atomic E-state index is 0.176. The van der Waals surface area contributed by atoms with Crippen LogP contribution in [0.25, 0.3) is 27.5 Å². The Labute approximate surface area is 144 Å². The highest BCUT2D eigenvalue weighted by molar-refractivity contribution is 6.10. The summed E-state index contributed by atoms with van der Waals surface area (Å²) in [6.07, 6.45) is 6.82. The molecule has 3 aromatic rings. The second-order valence-corrected chi connectivity index (χ2v) is 6.85. The van der Waals surface area contributed by atoms with Gasteiger partial charge in [-0.2, -0.15) is 0 Å². The van der Waals surface area contributed by atoms with Gasteiger partial charge < -0.3 is 4.57 Å². The maximum absolute atomic E-state index is 3.98. The summed E-state index contributed by atoms with van der Waals surface area (Å²) in [6, 6.07) is 15.4. The van der Waals surface area contributed by atoms with E-state index in [-0.39, 0.29) is 5.41 Å². The molecule has 0 saturated heterocycles. The molecule has 2 aromatic carbocycles. The molecule has 1 heteroatoms. The summed E-state index contributed by atoms with van der Waals surface area (Å²) in [7, 11) is 0. The molecule has 0 fully saturated rings. The van der Waals surface area contributed by atoms with Gasteiger partial charge in [0.05, 0.1) is 11.0 Å². The van der Waals surface area contributed by atoms with E-state index >= 15 is 0 Å². The third-order valence-corrected chi connectivity index (χ3v) is 5.09. The zero-order chi connectivity index (χ0) is 17.3. The average molecular weight is 315 g/mol. The third kappa shape index (κ3) is 2.50. The molecule has 0 unspecified atom stereocenters. The van der Waals surface area contributed by atoms with Crippen LogP contribution in [-0.4, -0.2) is 4.57 Å². The smallest absolute Gasteiger partial charge is 0.0541 e. The van der Waals surface area contributed by atoms with Crippen LogP contribution in [0.5, 0.6) is 0 Å². The van der Waals surface area contributed by atoms with E-state index < -0.39 is 0 Å². The zero-order valence-corrected chi connectivity index (χ0v) is 14.8. The van der Waals surface area contributed by atoms with Crippen molar-refractivity contribution >= 4 is 27.5 Å². The Morgan fingerprint density at radius 1 is 1.04 bits per heavy atom. The number of hydrogen-bond donors (Lipinski definition) is 0. The molecule has 0 aliphatic rings. The maximum Gasteiger partial charge on any atom is 0.0541 e. The standard InChI is InChI=1S/C23H25N/c1-6-11-18(7-2)24-21-13-10-9-12-19(21)20-16-17(14-15-22(20)24)23(4,5)8-3/h6-7,9-16H,1-2,8H2,3-5H3/b18-11+. The molecule has 0 atom stereocenters. The average Bonchev–Trinajstić information content (AvgIpc) is 2.93. The van der Waals surface area contributed by atoms with Crippen LogP contribution in [0.3, 0.4) is 0 Å². The van der Waals surface area contributed by atoms with Crippen molar-refractivity contribution in [2.75, 3.05) is 0 Å². The highest BCUT2D eigenvalue weighted by Gasteiger charge is 2.20. The van der Waals surface area contributed by atoms with Gasteiger partial charge in [-0.05, 0) is 47.8 Å². The predicted molar refractivity (Wildman–Crippen MR) is 107 cm³/mol. The molecule has 1 heterocycles. The second-order valence-electron chi connectivity index (χ2n) is 6.85. The third-order valence-electron chi connectivity index (χ3n) is 5.09. The van der Waals surface area contributed by atoms with Crippen LogP contribution in [0.15, 0.2) is 73.9 Å². The number of para-hydroxylation sites is 1. The van der Waals surface area contributed by atoms with E-state index in [2.05, 4.69) is 81.0 Å². The molecular formula is C23H25N. The molecule has 24 heavy (non-hydrogen) atoms. The summed E-state index contributed by atoms with van der Waals surface area (Å²) in [5.41, 5.74) is 5.01. The summed E-state index contributed by atoms with van der Waals surface area (Å²) in [6.45, 7) is 14.7. The van der Waals surface area contributed by atoms with E-state index in [1.54, 1.807) is 0 Å². The maximum atomic E-state index is 3.98. The number of aromatic nitrogens is 1. The molecule has 0 radical (unpaired) electrons. The zero-order valence-electron chi connectivity index (χ0n) is 14.8. The van der Waals surface area contributed by atoms with E-state index in [0.29, 0.717) is 0 Å². The first-order valence-corrected chi connectivity index (χ1v) is 8.52. The van der Waals surface area contributed by atoms with Gasteiger partial charge in [-0.25, -0.2) is 0 Å². The van der Waals surface area contributed by atoms with Crippen LogP contribution in [0.4, 0.5) is 0 Å². The summed E-state index contributed by atoms with van der Waals surface area (Å²) < 4.78 is 2.27. The molecular weight excluding hydrogens is 290 g/mol. The number of fused-ring (bicyclic) bond motifs is 3. The van der Waals surface area contributed by atoms with Gasteiger partial charge in [0.15, 0.2) is 0 Å². The Hall–Kier alpha value is -2.54. The molecule has 0 N–H and O–H groups in total. The Morgan fingerprint density at radius 2 is 1.75 bits per heavy atom.